The van der Waals surface area contributed by atoms with E-state index in [9.17, 15) is 50.9 Å². The van der Waals surface area contributed by atoms with E-state index in [0.717, 1.165) is 0 Å². The van der Waals surface area contributed by atoms with Crippen molar-refractivity contribution < 1.29 is 50.9 Å². The molecule has 0 N–H and O–H groups in total. The molecule has 0 aromatic carbocycles. The van der Waals surface area contributed by atoms with E-state index in [-0.39, 0.29) is 0 Å². The molecule has 0 radical (unpaired) electrons. The van der Waals surface area contributed by atoms with Gasteiger partial charge in [0, 0.05) is 0 Å². The molecule has 0 fully saturated rings. The second kappa shape index (κ2) is 4.47. The summed E-state index contributed by atoms with van der Waals surface area (Å²) in [5.74, 6) is -13.3. The second-order valence-corrected chi connectivity index (χ2v) is 5.56. The maximum Gasteiger partial charge on any atom is 0.361 e. The molecule has 0 aliphatic carbocycles. The average Bonchev–Trinajstić information content (AvgIpc) is 2.12. The quantitative estimate of drug-likeness (QED) is 0.565. The van der Waals surface area contributed by atoms with Crippen molar-refractivity contribution in [2.45, 2.75) is 22.9 Å². The average molecular weight is 330 g/mol. The molecule has 0 saturated carbocycles. The minimum Gasteiger partial charge on any atom is -0.220 e. The minimum atomic E-state index is -6.90. The molecule has 0 amide bonds. The van der Waals surface area contributed by atoms with Crippen LogP contribution in [0.25, 0.3) is 0 Å². The molecule has 2 unspecified atom stereocenters. The summed E-state index contributed by atoms with van der Waals surface area (Å²) in [5, 5.41) is 0. The number of hydrogen-bond acceptors (Lipinski definition) is 4. The number of rotatable bonds is 5. The summed E-state index contributed by atoms with van der Waals surface area (Å²) < 4.78 is 137. The maximum atomic E-state index is 12.5. The zero-order chi connectivity index (χ0) is 15.2. The van der Waals surface area contributed by atoms with Crippen molar-refractivity contribution in [3.8, 4) is 0 Å². The highest BCUT2D eigenvalue weighted by Gasteiger charge is 2.73. The third-order valence-corrected chi connectivity index (χ3v) is 3.09. The van der Waals surface area contributed by atoms with Crippen molar-refractivity contribution in [3.63, 3.8) is 0 Å². The molecule has 0 saturated heterocycles. The Bertz CT molecular complexity index is 461. The van der Waals surface area contributed by atoms with Gasteiger partial charge >= 0.3 is 32.3 Å². The highest BCUT2D eigenvalue weighted by Crippen LogP contribution is 2.45. The van der Waals surface area contributed by atoms with E-state index in [1.165, 1.54) is 0 Å². The standard InChI is InChI=1S/C4H2F8O4S2/c5-1(17(11,13)14)3(7,8)4(9,10)2(6)18(12,15)16/h1-2H. The van der Waals surface area contributed by atoms with Crippen LogP contribution >= 0.6 is 0 Å². The van der Waals surface area contributed by atoms with Gasteiger partial charge in [-0.05, 0) is 0 Å². The van der Waals surface area contributed by atoms with E-state index in [4.69, 9.17) is 0 Å². The summed E-state index contributed by atoms with van der Waals surface area (Å²) in [6.45, 7) is 0. The van der Waals surface area contributed by atoms with Gasteiger partial charge in [0.25, 0.3) is 11.0 Å². The molecule has 14 heteroatoms. The first kappa shape index (κ1) is 17.3. The normalized spacial score (nSPS) is 18.4. The molecule has 0 rings (SSSR count). The second-order valence-electron chi connectivity index (χ2n) is 2.83. The van der Waals surface area contributed by atoms with Crippen LogP contribution < -0.4 is 0 Å². The fraction of sp³-hybridized carbons (Fsp3) is 1.00. The monoisotopic (exact) mass is 330 g/mol. The van der Waals surface area contributed by atoms with Crippen LogP contribution in [-0.4, -0.2) is 39.7 Å². The lowest BCUT2D eigenvalue weighted by Gasteiger charge is -2.27. The van der Waals surface area contributed by atoms with Gasteiger partial charge in [-0.3, -0.25) is 0 Å². The van der Waals surface area contributed by atoms with Crippen molar-refractivity contribution in [1.29, 1.82) is 0 Å². The lowest BCUT2D eigenvalue weighted by Crippen LogP contribution is -2.56. The Morgan fingerprint density at radius 1 is 0.667 bits per heavy atom. The molecule has 0 aromatic rings. The topological polar surface area (TPSA) is 68.3 Å². The highest BCUT2D eigenvalue weighted by atomic mass is 32.3. The van der Waals surface area contributed by atoms with E-state index in [2.05, 4.69) is 0 Å². The van der Waals surface area contributed by atoms with Gasteiger partial charge in [0.05, 0.1) is 0 Å². The zero-order valence-electron chi connectivity index (χ0n) is 7.63. The van der Waals surface area contributed by atoms with Gasteiger partial charge in [0.15, 0.2) is 0 Å². The molecule has 0 heterocycles. The Morgan fingerprint density at radius 2 is 0.833 bits per heavy atom. The van der Waals surface area contributed by atoms with Crippen LogP contribution in [-0.2, 0) is 20.4 Å². The number of alkyl halides is 6. The van der Waals surface area contributed by atoms with Gasteiger partial charge in [0.1, 0.15) is 0 Å². The molecule has 18 heavy (non-hydrogen) atoms. The van der Waals surface area contributed by atoms with Crippen molar-refractivity contribution in [3.05, 3.63) is 0 Å². The van der Waals surface area contributed by atoms with Crippen LogP contribution in [0.4, 0.5) is 34.1 Å². The molecule has 0 aliphatic heterocycles. The fourth-order valence-corrected chi connectivity index (χ4v) is 1.68. The molecule has 0 bridgehead atoms. The van der Waals surface area contributed by atoms with E-state index in [0.29, 0.717) is 0 Å². The molecule has 110 valence electrons. The maximum absolute atomic E-state index is 12.5. The van der Waals surface area contributed by atoms with E-state index >= 15 is 0 Å². The predicted molar refractivity (Wildman–Crippen MR) is 39.7 cm³/mol. The van der Waals surface area contributed by atoms with Gasteiger partial charge in [-0.15, -0.1) is 7.77 Å². The van der Waals surface area contributed by atoms with Crippen LogP contribution in [0.5, 0.6) is 0 Å². The first-order valence-electron chi connectivity index (χ1n) is 3.47. The van der Waals surface area contributed by atoms with Gasteiger partial charge in [-0.1, -0.05) is 0 Å². The first-order valence-corrected chi connectivity index (χ1v) is 6.36. The Balaban J connectivity index is 5.75. The molecule has 2 atom stereocenters. The van der Waals surface area contributed by atoms with Crippen LogP contribution in [0.3, 0.4) is 0 Å². The van der Waals surface area contributed by atoms with Crippen molar-refractivity contribution in [2.24, 2.45) is 0 Å². The van der Waals surface area contributed by atoms with E-state index in [1.807, 2.05) is 0 Å². The summed E-state index contributed by atoms with van der Waals surface area (Å²) >= 11 is 0. The van der Waals surface area contributed by atoms with Crippen molar-refractivity contribution >= 4 is 20.4 Å². The lowest BCUT2D eigenvalue weighted by molar-refractivity contribution is -0.238. The SMILES string of the molecule is O=S(=O)(F)C(F)C(F)(F)C(F)(F)C(F)S(=O)(=O)F. The zero-order valence-corrected chi connectivity index (χ0v) is 9.26. The molecule has 0 aromatic heterocycles. The smallest absolute Gasteiger partial charge is 0.220 e. The summed E-state index contributed by atoms with van der Waals surface area (Å²) in [6, 6.07) is 0. The van der Waals surface area contributed by atoms with Crippen LogP contribution in [0.15, 0.2) is 0 Å². The predicted octanol–water partition coefficient (Wildman–Crippen LogP) is 1.45. The third kappa shape index (κ3) is 3.02. The Hall–Kier alpha value is -0.660. The Kier molecular flexibility index (Phi) is 4.30. The molecule has 0 aliphatic rings. The number of halogens is 8. The molecule has 4 nitrogen and oxygen atoms in total. The van der Waals surface area contributed by atoms with E-state index in [1.54, 1.807) is 0 Å². The third-order valence-electron chi connectivity index (χ3n) is 1.51. The van der Waals surface area contributed by atoms with E-state index < -0.39 is 43.3 Å². The van der Waals surface area contributed by atoms with Gasteiger partial charge in [0.2, 0.25) is 0 Å². The van der Waals surface area contributed by atoms with Gasteiger partial charge in [-0.25, -0.2) is 8.78 Å². The van der Waals surface area contributed by atoms with Crippen LogP contribution in [0.2, 0.25) is 0 Å². The summed E-state index contributed by atoms with van der Waals surface area (Å²) in [7, 11) is -13.8. The van der Waals surface area contributed by atoms with Gasteiger partial charge < -0.3 is 0 Å². The first-order chi connectivity index (χ1) is 7.56. The summed E-state index contributed by atoms with van der Waals surface area (Å²) in [4.78, 5) is 0. The molecular weight excluding hydrogens is 328 g/mol. The summed E-state index contributed by atoms with van der Waals surface area (Å²) in [5.41, 5.74) is -10.5. The molecule has 0 spiro atoms. The number of hydrogen-bond donors (Lipinski definition) is 0. The minimum absolute atomic E-state index is 5.26. The van der Waals surface area contributed by atoms with Gasteiger partial charge in [-0.2, -0.15) is 34.4 Å². The Labute approximate surface area is 95.0 Å². The van der Waals surface area contributed by atoms with Crippen molar-refractivity contribution in [2.75, 3.05) is 0 Å². The van der Waals surface area contributed by atoms with Crippen LogP contribution in [0.1, 0.15) is 0 Å². The Morgan fingerprint density at radius 3 is 0.944 bits per heavy atom. The van der Waals surface area contributed by atoms with Crippen molar-refractivity contribution in [1.82, 2.24) is 0 Å². The highest BCUT2D eigenvalue weighted by molar-refractivity contribution is 7.87. The molecular formula is C4H2F8O4S2. The summed E-state index contributed by atoms with van der Waals surface area (Å²) in [6.07, 6.45) is 0. The lowest BCUT2D eigenvalue weighted by atomic mass is 10.2. The largest absolute Gasteiger partial charge is 0.361 e. The fourth-order valence-electron chi connectivity index (χ4n) is 0.656. The van der Waals surface area contributed by atoms with Crippen LogP contribution in [0, 0.1) is 0 Å².